The maximum absolute atomic E-state index is 11.4. The largest absolute Gasteiger partial charge is 0.392 e. The van der Waals surface area contributed by atoms with E-state index < -0.39 is 18.0 Å². The molecule has 1 atom stereocenters. The first-order valence-electron chi connectivity index (χ1n) is 11.6. The zero-order valence-corrected chi connectivity index (χ0v) is 18.1. The Morgan fingerprint density at radius 1 is 0.667 bits per heavy atom. The van der Waals surface area contributed by atoms with E-state index in [2.05, 4.69) is 11.7 Å². The molecule has 160 valence electrons. The summed E-state index contributed by atoms with van der Waals surface area (Å²) in [6, 6.07) is -0.732. The monoisotopic (exact) mass is 383 g/mol. The Kier molecular flexibility index (Phi) is 19.2. The molecule has 0 rings (SSSR count). The van der Waals surface area contributed by atoms with Crippen molar-refractivity contribution in [1.82, 2.24) is 0 Å². The molecular weight excluding hydrogens is 338 g/mol. The maximum Gasteiger partial charge on any atom is 0.330 e. The average Bonchev–Trinajstić information content (AvgIpc) is 2.64. The van der Waals surface area contributed by atoms with Crippen LogP contribution < -0.4 is 5.73 Å². The van der Waals surface area contributed by atoms with Crippen LogP contribution in [0.5, 0.6) is 0 Å². The fraction of sp³-hybridized carbons (Fsp3) is 0.913. The number of carbonyl (C=O) groups excluding carboxylic acids is 2. The first-order chi connectivity index (χ1) is 13.1. The van der Waals surface area contributed by atoms with Crippen LogP contribution >= 0.6 is 0 Å². The number of unbranched alkanes of at least 4 members (excludes halogenated alkanes) is 16. The van der Waals surface area contributed by atoms with Gasteiger partial charge in [0.05, 0.1) is 0 Å². The van der Waals surface area contributed by atoms with Crippen LogP contribution in [-0.4, -0.2) is 18.0 Å². The van der Waals surface area contributed by atoms with Gasteiger partial charge in [0.2, 0.25) is 0 Å². The highest BCUT2D eigenvalue weighted by atomic mass is 16.6. The minimum Gasteiger partial charge on any atom is -0.392 e. The Morgan fingerprint density at radius 2 is 1.00 bits per heavy atom. The summed E-state index contributed by atoms with van der Waals surface area (Å²) in [6.07, 6.45) is 22.6. The van der Waals surface area contributed by atoms with E-state index in [0.29, 0.717) is 6.42 Å². The Labute approximate surface area is 168 Å². The molecule has 0 saturated carbocycles. The quantitative estimate of drug-likeness (QED) is 0.158. The predicted octanol–water partition coefficient (Wildman–Crippen LogP) is 6.45. The highest BCUT2D eigenvalue weighted by molar-refractivity contribution is 5.87. The van der Waals surface area contributed by atoms with Gasteiger partial charge in [0.15, 0.2) is 0 Å². The summed E-state index contributed by atoms with van der Waals surface area (Å²) < 4.78 is 4.64. The molecule has 0 aliphatic heterocycles. The van der Waals surface area contributed by atoms with Gasteiger partial charge in [0, 0.05) is 6.42 Å². The van der Waals surface area contributed by atoms with Crippen molar-refractivity contribution in [3.05, 3.63) is 0 Å². The molecule has 0 amide bonds. The predicted molar refractivity (Wildman–Crippen MR) is 114 cm³/mol. The topological polar surface area (TPSA) is 69.4 Å². The number of hydrogen-bond donors (Lipinski definition) is 1. The molecule has 0 aliphatic carbocycles. The maximum atomic E-state index is 11.4. The first-order valence-corrected chi connectivity index (χ1v) is 11.6. The van der Waals surface area contributed by atoms with Crippen LogP contribution in [0.3, 0.4) is 0 Å². The van der Waals surface area contributed by atoms with Gasteiger partial charge in [-0.3, -0.25) is 4.79 Å². The molecule has 0 aromatic carbocycles. The third-order valence-electron chi connectivity index (χ3n) is 5.07. The van der Waals surface area contributed by atoms with Gasteiger partial charge in [-0.25, -0.2) is 4.79 Å². The van der Waals surface area contributed by atoms with E-state index in [4.69, 9.17) is 5.73 Å². The number of carbonyl (C=O) groups is 2. The second-order valence-electron chi connectivity index (χ2n) is 7.99. The standard InChI is InChI=1S/C23H45NO3/c1-3-4-5-6-7-8-9-10-11-12-13-14-15-16-17-18-19-20-22(25)27-23(26)21(2)24/h21H,3-20,24H2,1-2H3. The molecule has 0 radical (unpaired) electrons. The summed E-state index contributed by atoms with van der Waals surface area (Å²) in [5.74, 6) is -1.08. The van der Waals surface area contributed by atoms with Gasteiger partial charge in [0.25, 0.3) is 0 Å². The second-order valence-corrected chi connectivity index (χ2v) is 7.99. The van der Waals surface area contributed by atoms with Gasteiger partial charge in [-0.1, -0.05) is 110 Å². The average molecular weight is 384 g/mol. The van der Waals surface area contributed by atoms with Crippen LogP contribution in [-0.2, 0) is 14.3 Å². The number of rotatable bonds is 19. The fourth-order valence-electron chi connectivity index (χ4n) is 3.25. The smallest absolute Gasteiger partial charge is 0.330 e. The van der Waals surface area contributed by atoms with E-state index in [1.807, 2.05) is 0 Å². The van der Waals surface area contributed by atoms with E-state index in [1.165, 1.54) is 96.8 Å². The van der Waals surface area contributed by atoms with Gasteiger partial charge in [0.1, 0.15) is 6.04 Å². The molecular formula is C23H45NO3. The molecule has 2 N–H and O–H groups in total. The molecule has 0 aliphatic rings. The van der Waals surface area contributed by atoms with Gasteiger partial charge < -0.3 is 10.5 Å². The Bertz CT molecular complexity index is 356. The summed E-state index contributed by atoms with van der Waals surface area (Å²) >= 11 is 0. The van der Waals surface area contributed by atoms with Crippen molar-refractivity contribution >= 4 is 11.9 Å². The lowest BCUT2D eigenvalue weighted by Gasteiger charge is -2.05. The van der Waals surface area contributed by atoms with Crippen molar-refractivity contribution < 1.29 is 14.3 Å². The SMILES string of the molecule is CCCCCCCCCCCCCCCCCCCC(=O)OC(=O)C(C)N. The summed E-state index contributed by atoms with van der Waals surface area (Å²) in [5.41, 5.74) is 5.35. The van der Waals surface area contributed by atoms with E-state index in [0.717, 1.165) is 19.3 Å². The molecule has 0 saturated heterocycles. The first kappa shape index (κ1) is 26.1. The summed E-state index contributed by atoms with van der Waals surface area (Å²) in [5, 5.41) is 0. The molecule has 4 nitrogen and oxygen atoms in total. The molecule has 0 aromatic rings. The summed E-state index contributed by atoms with van der Waals surface area (Å²) in [7, 11) is 0. The fourth-order valence-corrected chi connectivity index (χ4v) is 3.25. The van der Waals surface area contributed by atoms with Gasteiger partial charge >= 0.3 is 11.9 Å². The van der Waals surface area contributed by atoms with Crippen LogP contribution in [0.15, 0.2) is 0 Å². The van der Waals surface area contributed by atoms with Crippen LogP contribution in [0, 0.1) is 0 Å². The van der Waals surface area contributed by atoms with E-state index >= 15 is 0 Å². The van der Waals surface area contributed by atoms with Gasteiger partial charge in [-0.15, -0.1) is 0 Å². The lowest BCUT2D eigenvalue weighted by atomic mass is 10.0. The highest BCUT2D eigenvalue weighted by Crippen LogP contribution is 2.14. The number of ether oxygens (including phenoxy) is 1. The van der Waals surface area contributed by atoms with Crippen LogP contribution in [0.2, 0.25) is 0 Å². The van der Waals surface area contributed by atoms with Gasteiger partial charge in [-0.2, -0.15) is 0 Å². The summed E-state index contributed by atoms with van der Waals surface area (Å²) in [4.78, 5) is 22.6. The molecule has 0 heterocycles. The number of nitrogens with two attached hydrogens (primary N) is 1. The molecule has 1 unspecified atom stereocenters. The van der Waals surface area contributed by atoms with E-state index in [1.54, 1.807) is 0 Å². The zero-order chi connectivity index (χ0) is 20.2. The van der Waals surface area contributed by atoms with Crippen molar-refractivity contribution in [2.24, 2.45) is 5.73 Å². The van der Waals surface area contributed by atoms with Crippen molar-refractivity contribution in [1.29, 1.82) is 0 Å². The highest BCUT2D eigenvalue weighted by Gasteiger charge is 2.13. The van der Waals surface area contributed by atoms with Gasteiger partial charge in [-0.05, 0) is 13.3 Å². The lowest BCUT2D eigenvalue weighted by Crippen LogP contribution is -2.30. The molecule has 27 heavy (non-hydrogen) atoms. The molecule has 0 bridgehead atoms. The van der Waals surface area contributed by atoms with Crippen molar-refractivity contribution in [3.8, 4) is 0 Å². The third kappa shape index (κ3) is 19.7. The van der Waals surface area contributed by atoms with Crippen LogP contribution in [0.1, 0.15) is 129 Å². The Balaban J connectivity index is 3.17. The van der Waals surface area contributed by atoms with Crippen LogP contribution in [0.25, 0.3) is 0 Å². The lowest BCUT2D eigenvalue weighted by molar-refractivity contribution is -0.160. The zero-order valence-electron chi connectivity index (χ0n) is 18.1. The molecule has 0 spiro atoms. The van der Waals surface area contributed by atoms with E-state index in [-0.39, 0.29) is 0 Å². The minimum atomic E-state index is -0.732. The third-order valence-corrected chi connectivity index (χ3v) is 5.07. The molecule has 4 heteroatoms. The van der Waals surface area contributed by atoms with E-state index in [9.17, 15) is 9.59 Å². The Morgan fingerprint density at radius 3 is 1.33 bits per heavy atom. The molecule has 0 fully saturated rings. The summed E-state index contributed by atoms with van der Waals surface area (Å²) in [6.45, 7) is 3.79. The Hall–Kier alpha value is -0.900. The van der Waals surface area contributed by atoms with Crippen LogP contribution in [0.4, 0.5) is 0 Å². The van der Waals surface area contributed by atoms with Crippen molar-refractivity contribution in [3.63, 3.8) is 0 Å². The second kappa shape index (κ2) is 19.9. The van der Waals surface area contributed by atoms with Crippen molar-refractivity contribution in [2.75, 3.05) is 0 Å². The molecule has 0 aromatic heterocycles. The number of hydrogen-bond acceptors (Lipinski definition) is 4. The minimum absolute atomic E-state index is 0.317. The normalized spacial score (nSPS) is 12.1. The number of esters is 2. The van der Waals surface area contributed by atoms with Crippen molar-refractivity contribution in [2.45, 2.75) is 135 Å².